The van der Waals surface area contributed by atoms with E-state index in [0.29, 0.717) is 31.0 Å². The number of hydrogen-bond donors (Lipinski definition) is 0. The molecule has 7 nitrogen and oxygen atoms in total. The van der Waals surface area contributed by atoms with Gasteiger partial charge in [-0.2, -0.15) is 0 Å². The Kier molecular flexibility index (Phi) is 4.43. The Labute approximate surface area is 156 Å². The molecule has 1 spiro atoms. The van der Waals surface area contributed by atoms with Crippen LogP contribution in [0.1, 0.15) is 23.3 Å². The van der Waals surface area contributed by atoms with Crippen molar-refractivity contribution in [3.8, 4) is 0 Å². The van der Waals surface area contributed by atoms with Gasteiger partial charge in [-0.1, -0.05) is 6.07 Å². The number of carbonyl (C=O) groups is 2. The zero-order valence-electron chi connectivity index (χ0n) is 15.1. The number of benzene rings is 1. The first-order valence-corrected chi connectivity index (χ1v) is 8.93. The predicted molar refractivity (Wildman–Crippen MR) is 95.8 cm³/mol. The number of likely N-dealkylation sites (tertiary alicyclic amines) is 1. The van der Waals surface area contributed by atoms with Crippen molar-refractivity contribution >= 4 is 17.5 Å². The summed E-state index contributed by atoms with van der Waals surface area (Å²) in [7, 11) is 1.81. The number of imidazole rings is 1. The molecule has 2 aromatic rings. The lowest BCUT2D eigenvalue weighted by Gasteiger charge is -2.47. The van der Waals surface area contributed by atoms with Crippen molar-refractivity contribution in [1.82, 2.24) is 14.5 Å². The minimum Gasteiger partial charge on any atom is -0.361 e. The minimum absolute atomic E-state index is 0.0812. The van der Waals surface area contributed by atoms with Crippen LogP contribution in [0.4, 0.5) is 10.1 Å². The highest BCUT2D eigenvalue weighted by Crippen LogP contribution is 2.32. The van der Waals surface area contributed by atoms with E-state index in [9.17, 15) is 14.0 Å². The van der Waals surface area contributed by atoms with E-state index in [0.717, 1.165) is 12.8 Å². The lowest BCUT2D eigenvalue weighted by molar-refractivity contribution is -0.144. The first kappa shape index (κ1) is 17.7. The summed E-state index contributed by atoms with van der Waals surface area (Å²) < 4.78 is 21.3. The molecule has 3 heterocycles. The number of morpholine rings is 1. The van der Waals surface area contributed by atoms with Gasteiger partial charge in [-0.05, 0) is 31.0 Å². The van der Waals surface area contributed by atoms with Crippen LogP contribution in [0.15, 0.2) is 36.8 Å². The van der Waals surface area contributed by atoms with Gasteiger partial charge in [0, 0.05) is 25.5 Å². The Bertz CT molecular complexity index is 883. The Morgan fingerprint density at radius 3 is 2.93 bits per heavy atom. The molecular weight excluding hydrogens is 351 g/mol. The number of rotatable bonds is 2. The van der Waals surface area contributed by atoms with Gasteiger partial charge in [-0.25, -0.2) is 9.37 Å². The van der Waals surface area contributed by atoms with Crippen LogP contribution in [0.2, 0.25) is 0 Å². The number of halogens is 1. The van der Waals surface area contributed by atoms with Crippen molar-refractivity contribution < 1.29 is 18.7 Å². The van der Waals surface area contributed by atoms with E-state index in [4.69, 9.17) is 4.74 Å². The van der Waals surface area contributed by atoms with Gasteiger partial charge < -0.3 is 19.1 Å². The second-order valence-corrected chi connectivity index (χ2v) is 7.19. The average Bonchev–Trinajstić information content (AvgIpc) is 3.10. The number of hydrogen-bond acceptors (Lipinski definition) is 4. The highest BCUT2D eigenvalue weighted by molar-refractivity contribution is 5.95. The minimum atomic E-state index is -0.650. The summed E-state index contributed by atoms with van der Waals surface area (Å²) in [5, 5.41) is 0. The van der Waals surface area contributed by atoms with E-state index in [1.165, 1.54) is 12.1 Å². The van der Waals surface area contributed by atoms with Gasteiger partial charge in [-0.15, -0.1) is 0 Å². The van der Waals surface area contributed by atoms with Gasteiger partial charge in [0.25, 0.3) is 11.8 Å². The van der Waals surface area contributed by atoms with Crippen LogP contribution in [0.5, 0.6) is 0 Å². The highest BCUT2D eigenvalue weighted by Gasteiger charge is 2.44. The van der Waals surface area contributed by atoms with Crippen LogP contribution in [0.3, 0.4) is 0 Å². The zero-order valence-corrected chi connectivity index (χ0v) is 15.1. The number of carbonyl (C=O) groups excluding carboxylic acids is 2. The van der Waals surface area contributed by atoms with E-state index >= 15 is 0 Å². The Hall–Kier alpha value is -2.74. The molecule has 2 fully saturated rings. The molecule has 0 saturated carbocycles. The maximum atomic E-state index is 13.6. The quantitative estimate of drug-likeness (QED) is 0.803. The molecule has 2 aliphatic heterocycles. The fraction of sp³-hybridized carbons (Fsp3) is 0.421. The summed E-state index contributed by atoms with van der Waals surface area (Å²) in [5.41, 5.74) is 0.252. The molecule has 1 aromatic heterocycles. The Morgan fingerprint density at radius 1 is 1.33 bits per heavy atom. The number of ether oxygens (including phenoxy) is 1. The summed E-state index contributed by atoms with van der Waals surface area (Å²) in [6.45, 7) is 1.21. The van der Waals surface area contributed by atoms with Crippen LogP contribution in [0, 0.1) is 5.82 Å². The summed E-state index contributed by atoms with van der Waals surface area (Å²) in [5.74, 6) is -0.747. The second-order valence-electron chi connectivity index (χ2n) is 7.19. The molecule has 2 aliphatic rings. The first-order valence-electron chi connectivity index (χ1n) is 8.93. The summed E-state index contributed by atoms with van der Waals surface area (Å²) >= 11 is 0. The Morgan fingerprint density at radius 2 is 2.19 bits per heavy atom. The molecule has 0 radical (unpaired) electrons. The number of anilines is 1. The maximum Gasteiger partial charge on any atom is 0.274 e. The normalized spacial score (nSPS) is 23.1. The molecule has 2 saturated heterocycles. The van der Waals surface area contributed by atoms with Crippen LogP contribution >= 0.6 is 0 Å². The molecule has 1 unspecified atom stereocenters. The Balaban J connectivity index is 1.55. The highest BCUT2D eigenvalue weighted by atomic mass is 19.1. The van der Waals surface area contributed by atoms with E-state index in [-0.39, 0.29) is 18.4 Å². The van der Waals surface area contributed by atoms with Crippen LogP contribution < -0.4 is 4.90 Å². The second kappa shape index (κ2) is 6.77. The first-order chi connectivity index (χ1) is 13.0. The number of aromatic nitrogens is 2. The molecule has 0 aliphatic carbocycles. The number of amides is 2. The van der Waals surface area contributed by atoms with Crippen molar-refractivity contribution in [3.63, 3.8) is 0 Å². The van der Waals surface area contributed by atoms with Gasteiger partial charge in [0.1, 0.15) is 23.7 Å². The monoisotopic (exact) mass is 372 g/mol. The van der Waals surface area contributed by atoms with Crippen molar-refractivity contribution in [2.45, 2.75) is 18.4 Å². The fourth-order valence-electron chi connectivity index (χ4n) is 3.80. The number of aryl methyl sites for hydroxylation is 1. The molecule has 8 heteroatoms. The van der Waals surface area contributed by atoms with Gasteiger partial charge in [0.15, 0.2) is 0 Å². The third-order valence-corrected chi connectivity index (χ3v) is 5.12. The van der Waals surface area contributed by atoms with E-state index in [1.807, 2.05) is 7.05 Å². The van der Waals surface area contributed by atoms with Gasteiger partial charge in [0.2, 0.25) is 0 Å². The van der Waals surface area contributed by atoms with Gasteiger partial charge in [0.05, 0.1) is 19.4 Å². The molecule has 27 heavy (non-hydrogen) atoms. The summed E-state index contributed by atoms with van der Waals surface area (Å²) in [6.07, 6.45) is 4.78. The summed E-state index contributed by atoms with van der Waals surface area (Å²) in [6, 6.07) is 5.98. The molecule has 0 bridgehead atoms. The third-order valence-electron chi connectivity index (χ3n) is 5.12. The molecule has 1 atom stereocenters. The van der Waals surface area contributed by atoms with Crippen LogP contribution in [-0.2, 0) is 16.6 Å². The molecule has 1 aromatic carbocycles. The standard InChI is InChI=1S/C19H21FN4O3/c1-22-9-16(21-13-22)18(26)23-7-3-6-19(11-23)12-24(17(25)10-27-19)15-5-2-4-14(20)8-15/h2,4-5,8-9,13H,3,6-7,10-12H2,1H3. The molecule has 0 N–H and O–H groups in total. The van der Waals surface area contributed by atoms with E-state index < -0.39 is 11.4 Å². The smallest absolute Gasteiger partial charge is 0.274 e. The van der Waals surface area contributed by atoms with Crippen LogP contribution in [0.25, 0.3) is 0 Å². The molecular formula is C19H21FN4O3. The third kappa shape index (κ3) is 3.44. The lowest BCUT2D eigenvalue weighted by atomic mass is 9.90. The van der Waals surface area contributed by atoms with E-state index in [1.54, 1.807) is 39.0 Å². The van der Waals surface area contributed by atoms with Gasteiger partial charge in [-0.3, -0.25) is 9.59 Å². The van der Waals surface area contributed by atoms with E-state index in [2.05, 4.69) is 4.98 Å². The fourth-order valence-corrected chi connectivity index (χ4v) is 3.80. The van der Waals surface area contributed by atoms with Crippen LogP contribution in [-0.4, -0.2) is 58.1 Å². The number of piperidine rings is 1. The molecule has 4 rings (SSSR count). The average molecular weight is 372 g/mol. The zero-order chi connectivity index (χ0) is 19.0. The van der Waals surface area contributed by atoms with Gasteiger partial charge >= 0.3 is 0 Å². The number of nitrogens with zero attached hydrogens (tertiary/aromatic N) is 4. The molecule has 2 amide bonds. The van der Waals surface area contributed by atoms with Crippen molar-refractivity contribution in [2.75, 3.05) is 31.1 Å². The summed E-state index contributed by atoms with van der Waals surface area (Å²) in [4.78, 5) is 32.5. The SMILES string of the molecule is Cn1cnc(C(=O)N2CCCC3(C2)CN(c2cccc(F)c2)C(=O)CO3)c1. The largest absolute Gasteiger partial charge is 0.361 e. The lowest BCUT2D eigenvalue weighted by Crippen LogP contribution is -2.62. The maximum absolute atomic E-state index is 13.6. The topological polar surface area (TPSA) is 67.7 Å². The van der Waals surface area contributed by atoms with Crippen molar-refractivity contribution in [2.24, 2.45) is 7.05 Å². The predicted octanol–water partition coefficient (Wildman–Crippen LogP) is 1.60. The molecule has 142 valence electrons. The van der Waals surface area contributed by atoms with Crippen molar-refractivity contribution in [1.29, 1.82) is 0 Å². The van der Waals surface area contributed by atoms with Crippen molar-refractivity contribution in [3.05, 3.63) is 48.3 Å².